The molecule has 0 aliphatic carbocycles. The second kappa shape index (κ2) is 10.0. The third kappa shape index (κ3) is 8.29. The molecule has 0 aromatic carbocycles. The van der Waals surface area contributed by atoms with Crippen molar-refractivity contribution in [1.29, 1.82) is 0 Å². The molecule has 0 amide bonds. The Bertz CT molecular complexity index is 91.1. The highest BCUT2D eigenvalue weighted by Crippen LogP contribution is 2.19. The van der Waals surface area contributed by atoms with Gasteiger partial charge < -0.3 is 5.73 Å². The van der Waals surface area contributed by atoms with E-state index in [1.54, 1.807) is 0 Å². The molecular weight excluding hydrogens is 158 g/mol. The Balaban J connectivity index is 3.41. The summed E-state index contributed by atoms with van der Waals surface area (Å²) in [4.78, 5) is 0. The van der Waals surface area contributed by atoms with Gasteiger partial charge in [0.2, 0.25) is 0 Å². The van der Waals surface area contributed by atoms with Crippen molar-refractivity contribution >= 4 is 0 Å². The third-order valence-electron chi connectivity index (χ3n) is 2.76. The van der Waals surface area contributed by atoms with Gasteiger partial charge in [0.1, 0.15) is 0 Å². The largest absolute Gasteiger partial charge is 0.330 e. The molecule has 0 radical (unpaired) electrons. The van der Waals surface area contributed by atoms with Gasteiger partial charge in [0, 0.05) is 0 Å². The third-order valence-corrected chi connectivity index (χ3v) is 2.76. The van der Waals surface area contributed by atoms with E-state index in [1.807, 2.05) is 0 Å². The zero-order chi connectivity index (χ0) is 9.94. The lowest BCUT2D eigenvalue weighted by Crippen LogP contribution is -2.08. The van der Waals surface area contributed by atoms with Crippen LogP contribution in [0.5, 0.6) is 0 Å². The van der Waals surface area contributed by atoms with E-state index >= 15 is 0 Å². The maximum atomic E-state index is 5.61. The van der Waals surface area contributed by atoms with Crippen molar-refractivity contribution < 1.29 is 0 Å². The molecule has 1 atom stereocenters. The molecule has 0 aromatic rings. The van der Waals surface area contributed by atoms with Crippen LogP contribution in [0.2, 0.25) is 0 Å². The fourth-order valence-corrected chi connectivity index (χ4v) is 1.84. The van der Waals surface area contributed by atoms with Crippen LogP contribution in [-0.4, -0.2) is 6.54 Å². The molecule has 0 aromatic heterocycles. The van der Waals surface area contributed by atoms with Crippen LogP contribution in [-0.2, 0) is 0 Å². The lowest BCUT2D eigenvalue weighted by Gasteiger charge is -2.14. The lowest BCUT2D eigenvalue weighted by molar-refractivity contribution is 0.394. The minimum atomic E-state index is 0.876. The van der Waals surface area contributed by atoms with Gasteiger partial charge in [-0.15, -0.1) is 0 Å². The highest BCUT2D eigenvalue weighted by Gasteiger charge is 2.06. The molecule has 13 heavy (non-hydrogen) atoms. The van der Waals surface area contributed by atoms with Gasteiger partial charge in [0.05, 0.1) is 0 Å². The Kier molecular flexibility index (Phi) is 10.0. The van der Waals surface area contributed by atoms with Crippen LogP contribution in [0.3, 0.4) is 0 Å². The van der Waals surface area contributed by atoms with E-state index in [1.165, 1.54) is 51.4 Å². The fourth-order valence-electron chi connectivity index (χ4n) is 1.84. The van der Waals surface area contributed by atoms with Gasteiger partial charge in [-0.2, -0.15) is 0 Å². The van der Waals surface area contributed by atoms with E-state index in [-0.39, 0.29) is 0 Å². The molecule has 0 saturated heterocycles. The van der Waals surface area contributed by atoms with Crippen molar-refractivity contribution in [2.75, 3.05) is 6.54 Å². The number of unbranched alkanes of at least 4 members (excludes halogenated alkanes) is 3. The molecule has 1 heteroatoms. The molecule has 0 rings (SSSR count). The summed E-state index contributed by atoms with van der Waals surface area (Å²) in [5.41, 5.74) is 5.61. The van der Waals surface area contributed by atoms with Gasteiger partial charge in [-0.05, 0) is 18.9 Å². The van der Waals surface area contributed by atoms with Gasteiger partial charge in [-0.25, -0.2) is 0 Å². The predicted molar refractivity (Wildman–Crippen MR) is 60.8 cm³/mol. The van der Waals surface area contributed by atoms with Crippen molar-refractivity contribution in [2.45, 2.75) is 65.2 Å². The van der Waals surface area contributed by atoms with Crippen LogP contribution in [0.4, 0.5) is 0 Å². The molecule has 1 unspecified atom stereocenters. The van der Waals surface area contributed by atoms with E-state index in [0.717, 1.165) is 12.5 Å². The Hall–Kier alpha value is -0.0400. The maximum absolute atomic E-state index is 5.61. The average molecular weight is 185 g/mol. The van der Waals surface area contributed by atoms with Crippen LogP contribution in [0.1, 0.15) is 65.2 Å². The molecule has 0 spiro atoms. The highest BCUT2D eigenvalue weighted by atomic mass is 14.5. The summed E-state index contributed by atoms with van der Waals surface area (Å²) in [7, 11) is 0. The van der Waals surface area contributed by atoms with E-state index in [4.69, 9.17) is 5.73 Å². The summed E-state index contributed by atoms with van der Waals surface area (Å²) in [6.45, 7) is 5.41. The summed E-state index contributed by atoms with van der Waals surface area (Å²) in [5.74, 6) is 0.913. The topological polar surface area (TPSA) is 26.0 Å². The van der Waals surface area contributed by atoms with Gasteiger partial charge in [0.25, 0.3) is 0 Å². The summed E-state index contributed by atoms with van der Waals surface area (Å²) < 4.78 is 0. The second-order valence-corrected chi connectivity index (χ2v) is 4.08. The van der Waals surface area contributed by atoms with E-state index < -0.39 is 0 Å². The first kappa shape index (κ1) is 13.0. The van der Waals surface area contributed by atoms with Gasteiger partial charge in [-0.3, -0.25) is 0 Å². The van der Waals surface area contributed by atoms with Gasteiger partial charge in [-0.1, -0.05) is 58.8 Å². The summed E-state index contributed by atoms with van der Waals surface area (Å²) in [6.07, 6.45) is 10.9. The van der Waals surface area contributed by atoms with Crippen molar-refractivity contribution in [1.82, 2.24) is 0 Å². The quantitative estimate of drug-likeness (QED) is 0.544. The molecule has 0 bridgehead atoms. The predicted octanol–water partition coefficient (Wildman–Crippen LogP) is 3.72. The number of rotatable bonds is 9. The Morgan fingerprint density at radius 2 is 1.46 bits per heavy atom. The molecule has 80 valence electrons. The van der Waals surface area contributed by atoms with Gasteiger partial charge in [0.15, 0.2) is 0 Å². The van der Waals surface area contributed by atoms with Gasteiger partial charge >= 0.3 is 0 Å². The average Bonchev–Trinajstić information content (AvgIpc) is 2.14. The van der Waals surface area contributed by atoms with Crippen LogP contribution in [0.25, 0.3) is 0 Å². The van der Waals surface area contributed by atoms with Crippen LogP contribution >= 0.6 is 0 Å². The van der Waals surface area contributed by atoms with Crippen LogP contribution in [0, 0.1) is 5.92 Å². The monoisotopic (exact) mass is 185 g/mol. The maximum Gasteiger partial charge on any atom is -0.00746 e. The Morgan fingerprint density at radius 1 is 0.846 bits per heavy atom. The molecule has 0 heterocycles. The standard InChI is InChI=1S/C12H27N/c1-3-5-7-9-12(10-11-13)8-6-4-2/h12H,3-11,13H2,1-2H3. The zero-order valence-electron chi connectivity index (χ0n) is 9.52. The van der Waals surface area contributed by atoms with Crippen LogP contribution in [0.15, 0.2) is 0 Å². The van der Waals surface area contributed by atoms with E-state index in [2.05, 4.69) is 13.8 Å². The van der Waals surface area contributed by atoms with Crippen molar-refractivity contribution in [3.8, 4) is 0 Å². The lowest BCUT2D eigenvalue weighted by atomic mass is 9.93. The first-order valence-corrected chi connectivity index (χ1v) is 6.05. The van der Waals surface area contributed by atoms with Crippen LogP contribution < -0.4 is 5.73 Å². The minimum absolute atomic E-state index is 0.876. The molecule has 0 aliphatic heterocycles. The zero-order valence-corrected chi connectivity index (χ0v) is 9.52. The number of hydrogen-bond donors (Lipinski definition) is 1. The number of hydrogen-bond acceptors (Lipinski definition) is 1. The summed E-state index contributed by atoms with van der Waals surface area (Å²) in [6, 6.07) is 0. The highest BCUT2D eigenvalue weighted by molar-refractivity contribution is 4.60. The fraction of sp³-hybridized carbons (Fsp3) is 1.00. The first-order valence-electron chi connectivity index (χ1n) is 6.05. The van der Waals surface area contributed by atoms with Crippen molar-refractivity contribution in [3.63, 3.8) is 0 Å². The molecule has 0 fully saturated rings. The summed E-state index contributed by atoms with van der Waals surface area (Å²) in [5, 5.41) is 0. The first-order chi connectivity index (χ1) is 6.35. The molecule has 0 saturated carbocycles. The van der Waals surface area contributed by atoms with Crippen molar-refractivity contribution in [3.05, 3.63) is 0 Å². The minimum Gasteiger partial charge on any atom is -0.330 e. The Morgan fingerprint density at radius 3 is 2.00 bits per heavy atom. The Labute approximate surface area is 84.1 Å². The van der Waals surface area contributed by atoms with Crippen molar-refractivity contribution in [2.24, 2.45) is 11.7 Å². The summed E-state index contributed by atoms with van der Waals surface area (Å²) >= 11 is 0. The van der Waals surface area contributed by atoms with E-state index in [9.17, 15) is 0 Å². The number of nitrogens with two attached hydrogens (primary N) is 1. The molecular formula is C12H27N. The SMILES string of the molecule is CCCCCC(CCN)CCCC. The molecule has 2 N–H and O–H groups in total. The van der Waals surface area contributed by atoms with E-state index in [0.29, 0.717) is 0 Å². The smallest absolute Gasteiger partial charge is 0.00746 e. The second-order valence-electron chi connectivity index (χ2n) is 4.08. The molecule has 0 aliphatic rings. The normalized spacial score (nSPS) is 13.2. The molecule has 1 nitrogen and oxygen atoms in total.